The van der Waals surface area contributed by atoms with Crippen molar-refractivity contribution in [1.82, 2.24) is 63.4 Å². The summed E-state index contributed by atoms with van der Waals surface area (Å²) in [4.78, 5) is 62.5. The van der Waals surface area contributed by atoms with Gasteiger partial charge in [-0.1, -0.05) is 34.8 Å². The summed E-state index contributed by atoms with van der Waals surface area (Å²) in [5, 5.41) is 13.6. The first-order chi connectivity index (χ1) is 33.9. The van der Waals surface area contributed by atoms with E-state index in [2.05, 4.69) is 40.2 Å². The largest absolute Gasteiger partial charge is 0.358 e. The fourth-order valence-electron chi connectivity index (χ4n) is 6.68. The zero-order chi connectivity index (χ0) is 49.6. The van der Waals surface area contributed by atoms with Gasteiger partial charge in [-0.15, -0.1) is 11.8 Å². The van der Waals surface area contributed by atoms with Gasteiger partial charge in [-0.2, -0.15) is 15.3 Å². The van der Waals surface area contributed by atoms with Crippen LogP contribution in [0.25, 0.3) is 17.1 Å². The fourth-order valence-corrected chi connectivity index (χ4v) is 7.74. The number of carbonyl (C=O) groups is 3. The smallest absolute Gasteiger partial charge is 0.255 e. The molecule has 8 aromatic rings. The van der Waals surface area contributed by atoms with Gasteiger partial charge in [-0.3, -0.25) is 29.3 Å². The normalized spacial score (nSPS) is 12.3. The Bertz CT molecular complexity index is 2900. The van der Waals surface area contributed by atoms with Gasteiger partial charge in [-0.05, 0) is 75.3 Å². The highest BCUT2D eigenvalue weighted by atomic mass is 35.5. The van der Waals surface area contributed by atoms with Crippen LogP contribution in [0.1, 0.15) is 26.7 Å². The van der Waals surface area contributed by atoms with E-state index in [4.69, 9.17) is 39.5 Å². The topological polar surface area (TPSA) is 198 Å². The maximum Gasteiger partial charge on any atom is 0.255 e. The summed E-state index contributed by atoms with van der Waals surface area (Å²) in [5.41, 5.74) is 4.06. The number of nitrogens with zero attached hydrogens (tertiary/aromatic N) is 16. The van der Waals surface area contributed by atoms with Gasteiger partial charge in [-0.25, -0.2) is 24.0 Å². The SMILES string of the molecule is CCN(C(=O)C(C)OCSC)c1cn(-c2cccnc2)nc1Cl.CN(C(=O)Cn1ccnc1)c1cn(-c2cccnc2)nc1Cl.O=C(Cn1ccnc1)N(CC1CC1)c1cn(-c2cccnc2)nc1Cl. The second kappa shape index (κ2) is 24.6. The molecule has 3 amide bonds. The number of rotatable bonds is 17. The highest BCUT2D eigenvalue weighted by Crippen LogP contribution is 2.34. The number of anilines is 3. The number of hydrogen-bond acceptors (Lipinski definition) is 13. The molecule has 1 fully saturated rings. The molecule has 1 atom stereocenters. The van der Waals surface area contributed by atoms with E-state index in [9.17, 15) is 14.4 Å². The number of likely N-dealkylation sites (N-methyl/N-ethyl adjacent to an activating group) is 2. The lowest BCUT2D eigenvalue weighted by Crippen LogP contribution is -2.39. The molecule has 70 heavy (non-hydrogen) atoms. The van der Waals surface area contributed by atoms with E-state index in [1.807, 2.05) is 43.5 Å². The number of imidazole rings is 2. The Labute approximate surface area is 422 Å². The average molecular weight is 1030 g/mol. The summed E-state index contributed by atoms with van der Waals surface area (Å²) < 4.78 is 13.8. The predicted molar refractivity (Wildman–Crippen MR) is 269 cm³/mol. The zero-order valence-electron chi connectivity index (χ0n) is 38.6. The molecule has 8 heterocycles. The summed E-state index contributed by atoms with van der Waals surface area (Å²) in [6.07, 6.45) is 29.0. The Morgan fingerprint density at radius 1 is 0.686 bits per heavy atom. The minimum atomic E-state index is -0.541. The predicted octanol–water partition coefficient (Wildman–Crippen LogP) is 7.34. The van der Waals surface area contributed by atoms with Gasteiger partial charge in [0.1, 0.15) is 36.3 Å². The van der Waals surface area contributed by atoms with Crippen molar-refractivity contribution in [2.45, 2.75) is 45.9 Å². The molecule has 24 heteroatoms. The summed E-state index contributed by atoms with van der Waals surface area (Å²) in [7, 11) is 1.66. The van der Waals surface area contributed by atoms with Crippen LogP contribution < -0.4 is 14.7 Å². The molecule has 364 valence electrons. The van der Waals surface area contributed by atoms with Gasteiger partial charge in [0.2, 0.25) is 11.8 Å². The Hall–Kier alpha value is -6.91. The summed E-state index contributed by atoms with van der Waals surface area (Å²) in [6, 6.07) is 11.1. The fraction of sp³-hybridized carbons (Fsp3) is 0.283. The number of ether oxygens (including phenoxy) is 1. The van der Waals surface area contributed by atoms with Crippen molar-refractivity contribution in [3.63, 3.8) is 0 Å². The summed E-state index contributed by atoms with van der Waals surface area (Å²) in [5.74, 6) is 0.703. The minimum absolute atomic E-state index is 0.0301. The molecule has 20 nitrogen and oxygen atoms in total. The molecule has 1 aliphatic rings. The third kappa shape index (κ3) is 13.4. The van der Waals surface area contributed by atoms with Crippen molar-refractivity contribution >= 4 is 81.3 Å². The molecule has 9 rings (SSSR count). The van der Waals surface area contributed by atoms with E-state index in [0.717, 1.165) is 29.9 Å². The number of carbonyl (C=O) groups excluding carboxylic acids is 3. The van der Waals surface area contributed by atoms with Crippen LogP contribution in [0, 0.1) is 5.92 Å². The van der Waals surface area contributed by atoms with E-state index in [0.29, 0.717) is 47.2 Å². The summed E-state index contributed by atoms with van der Waals surface area (Å²) in [6.45, 7) is 5.17. The number of pyridine rings is 3. The maximum absolute atomic E-state index is 12.8. The Kier molecular flexibility index (Phi) is 17.9. The second-order valence-corrected chi connectivity index (χ2v) is 17.4. The van der Waals surface area contributed by atoms with E-state index in [-0.39, 0.29) is 41.1 Å². The Balaban J connectivity index is 0.000000155. The Morgan fingerprint density at radius 3 is 1.56 bits per heavy atom. The molecule has 0 N–H and O–H groups in total. The van der Waals surface area contributed by atoms with Gasteiger partial charge < -0.3 is 28.6 Å². The van der Waals surface area contributed by atoms with Crippen LogP contribution in [0.15, 0.2) is 130 Å². The number of hydrogen-bond donors (Lipinski definition) is 0. The standard InChI is InChI=1S/C17H17ClN6O.C15H19ClN4O2S.C14H13ClN6O/c18-17-15(10-24(21-17)14-2-1-5-19-8-14)23(9-13-3-4-13)16(25)11-22-7-6-20-12-22;1-4-19(15(21)11(2)22-10-23-3)13-9-20(18-14(13)16)12-6-5-7-17-8-12;1-19(13(22)9-20-6-5-17-10-20)12-8-21(18-14(12)15)11-3-2-4-16-7-11/h1-2,5-8,10,12-13H,3-4,9,11H2;5-9,11H,4,10H2,1-3H3;2-8,10H,9H2,1H3. The third-order valence-electron chi connectivity index (χ3n) is 10.6. The van der Waals surface area contributed by atoms with Gasteiger partial charge in [0.05, 0.1) is 72.8 Å². The van der Waals surface area contributed by atoms with Crippen molar-refractivity contribution in [2.75, 3.05) is 47.0 Å². The first-order valence-corrected chi connectivity index (χ1v) is 24.3. The Morgan fingerprint density at radius 2 is 1.14 bits per heavy atom. The van der Waals surface area contributed by atoms with Gasteiger partial charge in [0.15, 0.2) is 15.5 Å². The van der Waals surface area contributed by atoms with Gasteiger partial charge >= 0.3 is 0 Å². The lowest BCUT2D eigenvalue weighted by molar-refractivity contribution is -0.127. The number of thioether (sulfide) groups is 1. The second-order valence-electron chi connectivity index (χ2n) is 15.6. The lowest BCUT2D eigenvalue weighted by atomic mass is 10.3. The van der Waals surface area contributed by atoms with E-state index in [1.165, 1.54) is 16.7 Å². The van der Waals surface area contributed by atoms with Crippen LogP contribution in [0.4, 0.5) is 17.1 Å². The molecule has 1 unspecified atom stereocenters. The van der Waals surface area contributed by atoms with Crippen molar-refractivity contribution in [3.05, 3.63) is 145 Å². The highest BCUT2D eigenvalue weighted by molar-refractivity contribution is 7.98. The first kappa shape index (κ1) is 51.0. The quantitative estimate of drug-likeness (QED) is 0.0822. The number of amides is 3. The van der Waals surface area contributed by atoms with Crippen LogP contribution in [0.5, 0.6) is 0 Å². The van der Waals surface area contributed by atoms with E-state index >= 15 is 0 Å². The van der Waals surface area contributed by atoms with E-state index in [1.54, 1.807) is 146 Å². The lowest BCUT2D eigenvalue weighted by Gasteiger charge is -2.23. The van der Waals surface area contributed by atoms with Crippen LogP contribution in [-0.2, 0) is 32.2 Å². The molecule has 0 aliphatic heterocycles. The molecular formula is C46H49Cl3N16O4S. The van der Waals surface area contributed by atoms with Crippen molar-refractivity contribution < 1.29 is 19.1 Å². The molecule has 0 aromatic carbocycles. The molecule has 0 spiro atoms. The monoisotopic (exact) mass is 1030 g/mol. The van der Waals surface area contributed by atoms with Gasteiger partial charge in [0, 0.05) is 63.5 Å². The van der Waals surface area contributed by atoms with Crippen LogP contribution >= 0.6 is 46.6 Å². The molecule has 0 radical (unpaired) electrons. The molecule has 0 bridgehead atoms. The van der Waals surface area contributed by atoms with Crippen LogP contribution in [0.3, 0.4) is 0 Å². The molecule has 1 aliphatic carbocycles. The first-order valence-electron chi connectivity index (χ1n) is 21.8. The van der Waals surface area contributed by atoms with Crippen molar-refractivity contribution in [2.24, 2.45) is 5.92 Å². The highest BCUT2D eigenvalue weighted by Gasteiger charge is 2.30. The van der Waals surface area contributed by atoms with Crippen molar-refractivity contribution in [1.29, 1.82) is 0 Å². The average Bonchev–Trinajstić information content (AvgIpc) is 3.94. The molecule has 8 aromatic heterocycles. The van der Waals surface area contributed by atoms with E-state index < -0.39 is 6.10 Å². The maximum atomic E-state index is 12.8. The van der Waals surface area contributed by atoms with Crippen molar-refractivity contribution in [3.8, 4) is 17.1 Å². The number of aromatic nitrogens is 13. The zero-order valence-corrected chi connectivity index (χ0v) is 41.6. The molecule has 0 saturated heterocycles. The minimum Gasteiger partial charge on any atom is -0.358 e. The van der Waals surface area contributed by atoms with Crippen LogP contribution in [0.2, 0.25) is 15.5 Å². The number of halogens is 3. The molecular weight excluding hydrogens is 979 g/mol. The third-order valence-corrected chi connectivity index (χ3v) is 11.7. The molecule has 1 saturated carbocycles. The van der Waals surface area contributed by atoms with Gasteiger partial charge in [0.25, 0.3) is 5.91 Å². The van der Waals surface area contributed by atoms with Crippen LogP contribution in [-0.4, -0.2) is 120 Å². The summed E-state index contributed by atoms with van der Waals surface area (Å²) >= 11 is 20.3.